The maximum atomic E-state index is 13.6. The molecule has 3 N–H and O–H groups in total. The van der Waals surface area contributed by atoms with E-state index in [-0.39, 0.29) is 18.9 Å². The molecule has 0 heterocycles. The number of carbonyl (C=O) groups excluding carboxylic acids is 3. The first-order valence-corrected chi connectivity index (χ1v) is 16.7. The molecule has 1 aliphatic rings. The summed E-state index contributed by atoms with van der Waals surface area (Å²) in [6, 6.07) is 25.7. The number of carbonyl (C=O) groups is 3. The first kappa shape index (κ1) is 37.1. The van der Waals surface area contributed by atoms with Crippen LogP contribution in [0.25, 0.3) is 22.3 Å². The van der Waals surface area contributed by atoms with E-state index in [1.165, 1.54) is 12.1 Å². The minimum atomic E-state index is -4.55. The lowest BCUT2D eigenvalue weighted by Gasteiger charge is -2.31. The van der Waals surface area contributed by atoms with Crippen LogP contribution in [-0.4, -0.2) is 43.5 Å². The number of hydrogen-bond donors (Lipinski definition) is 3. The van der Waals surface area contributed by atoms with E-state index in [0.717, 1.165) is 23.3 Å². The van der Waals surface area contributed by atoms with Crippen molar-refractivity contribution < 1.29 is 40.7 Å². The van der Waals surface area contributed by atoms with Crippen LogP contribution in [0.15, 0.2) is 97.1 Å². The predicted molar refractivity (Wildman–Crippen MR) is 182 cm³/mol. The number of nitrogens with one attached hydrogen (secondary N) is 3. The highest BCUT2D eigenvalue weighted by atomic mass is 19.4. The van der Waals surface area contributed by atoms with Crippen molar-refractivity contribution in [2.24, 2.45) is 0 Å². The summed E-state index contributed by atoms with van der Waals surface area (Å²) in [5.41, 5.74) is 2.18. The highest BCUT2D eigenvalue weighted by Gasteiger charge is 2.49. The molecule has 4 aromatic rings. The smallest absolute Gasteiger partial charge is 0.356 e. The summed E-state index contributed by atoms with van der Waals surface area (Å²) in [7, 11) is 0. The Bertz CT molecular complexity index is 1810. The van der Waals surface area contributed by atoms with Crippen molar-refractivity contribution in [2.75, 3.05) is 19.6 Å². The average Bonchev–Trinajstić information content (AvgIpc) is 3.40. The predicted octanol–water partition coefficient (Wildman–Crippen LogP) is 8.20. The second-order valence-electron chi connectivity index (χ2n) is 12.4. The molecule has 0 atom stereocenters. The summed E-state index contributed by atoms with van der Waals surface area (Å²) in [6.45, 7) is -0.856. The quantitative estimate of drug-likeness (QED) is 0.0912. The molecule has 0 bridgehead atoms. The third kappa shape index (κ3) is 8.79. The molecule has 0 saturated heterocycles. The Morgan fingerprint density at radius 2 is 1.16 bits per heavy atom. The second kappa shape index (κ2) is 15.8. The van der Waals surface area contributed by atoms with Crippen LogP contribution < -0.4 is 16.0 Å². The van der Waals surface area contributed by atoms with Gasteiger partial charge in [-0.3, -0.25) is 14.4 Å². The molecule has 12 heteroatoms. The maximum absolute atomic E-state index is 13.6. The van der Waals surface area contributed by atoms with E-state index in [0.29, 0.717) is 66.5 Å². The van der Waals surface area contributed by atoms with Gasteiger partial charge in [-0.15, -0.1) is 0 Å². The van der Waals surface area contributed by atoms with Crippen LogP contribution in [0.1, 0.15) is 65.6 Å². The minimum absolute atomic E-state index is 0.150. The Hall–Kier alpha value is -5.13. The zero-order valence-electron chi connectivity index (χ0n) is 27.6. The summed E-state index contributed by atoms with van der Waals surface area (Å²) < 4.78 is 78.2. The van der Waals surface area contributed by atoms with Crippen LogP contribution in [0.4, 0.5) is 26.3 Å². The molecule has 5 rings (SSSR count). The summed E-state index contributed by atoms with van der Waals surface area (Å²) in [5.74, 6) is -1.32. The van der Waals surface area contributed by atoms with E-state index in [4.69, 9.17) is 0 Å². The molecule has 0 spiro atoms. The van der Waals surface area contributed by atoms with E-state index in [1.54, 1.807) is 48.5 Å². The SMILES string of the molecule is O=C(CCCNC(=O)c1ccccc1-c1ccc(C(F)(F)F)cc1)NCCCCCC1(C(=O)NCC(F)(F)F)c2ccccc2-c2ccccc21. The molecule has 3 amide bonds. The number of fused-ring (bicyclic) bond motifs is 3. The lowest BCUT2D eigenvalue weighted by atomic mass is 9.73. The van der Waals surface area contributed by atoms with Crippen LogP contribution in [0, 0.1) is 0 Å². The fraction of sp³-hybridized carbons (Fsp3) is 0.308. The van der Waals surface area contributed by atoms with Crippen LogP contribution in [0.3, 0.4) is 0 Å². The molecule has 1 aliphatic carbocycles. The molecule has 6 nitrogen and oxygen atoms in total. The molecule has 0 fully saturated rings. The molecule has 0 unspecified atom stereocenters. The van der Waals surface area contributed by atoms with Gasteiger partial charge < -0.3 is 16.0 Å². The van der Waals surface area contributed by atoms with E-state index >= 15 is 0 Å². The van der Waals surface area contributed by atoms with Gasteiger partial charge in [-0.05, 0) is 70.8 Å². The molecule has 0 radical (unpaired) electrons. The number of unbranched alkanes of at least 4 members (excludes halogenated alkanes) is 2. The Balaban J connectivity index is 1.08. The first-order valence-electron chi connectivity index (χ1n) is 16.7. The normalized spacial score (nSPS) is 13.2. The second-order valence-corrected chi connectivity index (χ2v) is 12.4. The molecule has 0 aromatic heterocycles. The Morgan fingerprint density at radius 1 is 0.588 bits per heavy atom. The van der Waals surface area contributed by atoms with Crippen LogP contribution >= 0.6 is 0 Å². The van der Waals surface area contributed by atoms with Crippen molar-refractivity contribution in [2.45, 2.75) is 56.3 Å². The number of benzene rings is 4. The van der Waals surface area contributed by atoms with Gasteiger partial charge in [0.1, 0.15) is 12.0 Å². The van der Waals surface area contributed by atoms with Crippen molar-refractivity contribution in [1.82, 2.24) is 16.0 Å². The number of amides is 3. The summed E-state index contributed by atoms with van der Waals surface area (Å²) in [5, 5.41) is 7.73. The molecule has 4 aromatic carbocycles. The van der Waals surface area contributed by atoms with Gasteiger partial charge in [0, 0.05) is 25.1 Å². The summed E-state index contributed by atoms with van der Waals surface area (Å²) in [4.78, 5) is 38.9. The highest BCUT2D eigenvalue weighted by Crippen LogP contribution is 2.51. The zero-order chi connectivity index (χ0) is 36.6. The third-order valence-electron chi connectivity index (χ3n) is 9.01. The number of alkyl halides is 6. The summed E-state index contributed by atoms with van der Waals surface area (Å²) in [6.07, 6.45) is -6.49. The Labute approximate surface area is 291 Å². The fourth-order valence-corrected chi connectivity index (χ4v) is 6.61. The number of halogens is 6. The van der Waals surface area contributed by atoms with Gasteiger partial charge in [0.2, 0.25) is 11.8 Å². The van der Waals surface area contributed by atoms with E-state index in [9.17, 15) is 40.7 Å². The number of rotatable bonds is 14. The van der Waals surface area contributed by atoms with Crippen molar-refractivity contribution in [1.29, 1.82) is 0 Å². The third-order valence-corrected chi connectivity index (χ3v) is 9.01. The molecule has 0 saturated carbocycles. The van der Waals surface area contributed by atoms with Gasteiger partial charge >= 0.3 is 12.4 Å². The molecule has 268 valence electrons. The topological polar surface area (TPSA) is 87.3 Å². The van der Waals surface area contributed by atoms with Gasteiger partial charge in [-0.2, -0.15) is 26.3 Å². The Morgan fingerprint density at radius 3 is 1.76 bits per heavy atom. The van der Waals surface area contributed by atoms with E-state index in [2.05, 4.69) is 16.0 Å². The molecule has 51 heavy (non-hydrogen) atoms. The largest absolute Gasteiger partial charge is 0.416 e. The average molecular weight is 710 g/mol. The van der Waals surface area contributed by atoms with E-state index in [1.807, 2.05) is 24.3 Å². The van der Waals surface area contributed by atoms with Crippen LogP contribution in [0.2, 0.25) is 0 Å². The van der Waals surface area contributed by atoms with Gasteiger partial charge in [0.05, 0.1) is 5.56 Å². The van der Waals surface area contributed by atoms with Crippen molar-refractivity contribution in [3.05, 3.63) is 119 Å². The van der Waals surface area contributed by atoms with Crippen molar-refractivity contribution in [3.63, 3.8) is 0 Å². The lowest BCUT2D eigenvalue weighted by molar-refractivity contribution is -0.141. The zero-order valence-corrected chi connectivity index (χ0v) is 27.6. The molecule has 0 aliphatic heterocycles. The fourth-order valence-electron chi connectivity index (χ4n) is 6.61. The maximum Gasteiger partial charge on any atom is 0.416 e. The van der Waals surface area contributed by atoms with Crippen LogP contribution in [0.5, 0.6) is 0 Å². The van der Waals surface area contributed by atoms with Gasteiger partial charge in [0.15, 0.2) is 0 Å². The highest BCUT2D eigenvalue weighted by molar-refractivity contribution is 6.01. The molecular weight excluding hydrogens is 672 g/mol. The van der Waals surface area contributed by atoms with Gasteiger partial charge in [-0.1, -0.05) is 91.7 Å². The van der Waals surface area contributed by atoms with Gasteiger partial charge in [-0.25, -0.2) is 0 Å². The van der Waals surface area contributed by atoms with Gasteiger partial charge in [0.25, 0.3) is 5.91 Å². The monoisotopic (exact) mass is 709 g/mol. The minimum Gasteiger partial charge on any atom is -0.356 e. The first-order chi connectivity index (χ1) is 24.3. The van der Waals surface area contributed by atoms with Crippen LogP contribution in [-0.2, 0) is 21.2 Å². The van der Waals surface area contributed by atoms with E-state index < -0.39 is 41.7 Å². The Kier molecular flexibility index (Phi) is 11.5. The van der Waals surface area contributed by atoms with Crippen molar-refractivity contribution >= 4 is 17.7 Å². The lowest BCUT2D eigenvalue weighted by Crippen LogP contribution is -2.47. The van der Waals surface area contributed by atoms with Crippen molar-refractivity contribution in [3.8, 4) is 22.3 Å². The standard InChI is InChI=1S/C39H37F6N3O3/c40-38(41,42)25-48-36(51)37(32-15-6-4-12-29(32)30-13-5-7-16-33(30)37)22-8-1-9-23-46-34(49)17-10-24-47-35(50)31-14-3-2-11-28(31)26-18-20-27(21-19-26)39(43,44)45/h2-7,11-16,18-21H,1,8-10,17,22-25H2,(H,46,49)(H,47,50)(H,48,51). The molecular formula is C39H37F6N3O3. The number of hydrogen-bond acceptors (Lipinski definition) is 3. The summed E-state index contributed by atoms with van der Waals surface area (Å²) >= 11 is 0.